The van der Waals surface area contributed by atoms with Crippen LogP contribution < -0.4 is 11.1 Å². The molecule has 0 aromatic carbocycles. The van der Waals surface area contributed by atoms with Crippen molar-refractivity contribution in [3.05, 3.63) is 24.6 Å². The molecule has 0 fully saturated rings. The minimum absolute atomic E-state index is 0.0351. The van der Waals surface area contributed by atoms with E-state index in [1.165, 1.54) is 6.08 Å². The van der Waals surface area contributed by atoms with E-state index in [-0.39, 0.29) is 24.0 Å². The molecule has 0 saturated carbocycles. The molecule has 0 aliphatic carbocycles. The first-order valence-electron chi connectivity index (χ1n) is 7.35. The number of carbonyl (C=O) groups excluding carboxylic acids is 1. The van der Waals surface area contributed by atoms with E-state index in [1.54, 1.807) is 20.8 Å². The molecule has 0 amide bonds. The van der Waals surface area contributed by atoms with Crippen LogP contribution in [0, 0.1) is 0 Å². The Morgan fingerprint density at radius 2 is 2.09 bits per heavy atom. The molecule has 6 nitrogen and oxygen atoms in total. The van der Waals surface area contributed by atoms with Gasteiger partial charge in [0.2, 0.25) is 0 Å². The molecule has 1 unspecified atom stereocenters. The summed E-state index contributed by atoms with van der Waals surface area (Å²) in [7, 11) is 0. The lowest BCUT2D eigenvalue weighted by molar-refractivity contribution is -0.155. The third kappa shape index (κ3) is 6.65. The maximum absolute atomic E-state index is 13.2. The highest BCUT2D eigenvalue weighted by Crippen LogP contribution is 2.24. The quantitative estimate of drug-likeness (QED) is 0.779. The van der Waals surface area contributed by atoms with Crippen LogP contribution in [0.15, 0.2) is 17.6 Å². The topological polar surface area (TPSA) is 90.4 Å². The molecule has 1 aromatic heterocycles. The molecule has 0 spiro atoms. The highest BCUT2D eigenvalue weighted by molar-refractivity contribution is 5.79. The molecule has 130 valence electrons. The molecule has 0 aliphatic rings. The summed E-state index contributed by atoms with van der Waals surface area (Å²) in [5.74, 6) is -1.48. The van der Waals surface area contributed by atoms with Crippen molar-refractivity contribution in [2.24, 2.45) is 5.73 Å². The smallest absolute Gasteiger partial charge is 0.330 e. The van der Waals surface area contributed by atoms with Crippen molar-refractivity contribution in [3.8, 4) is 0 Å². The number of halogens is 1. The summed E-state index contributed by atoms with van der Waals surface area (Å²) in [5, 5.41) is 2.67. The van der Waals surface area contributed by atoms with Crippen molar-refractivity contribution in [3.63, 3.8) is 0 Å². The van der Waals surface area contributed by atoms with E-state index in [0.717, 1.165) is 0 Å². The van der Waals surface area contributed by atoms with Crippen molar-refractivity contribution in [1.82, 2.24) is 4.98 Å². The van der Waals surface area contributed by atoms with Crippen molar-refractivity contribution in [2.75, 3.05) is 11.9 Å². The summed E-state index contributed by atoms with van der Waals surface area (Å²) >= 11 is 0. The molecule has 0 saturated heterocycles. The van der Waals surface area contributed by atoms with E-state index >= 15 is 0 Å². The fourth-order valence-electron chi connectivity index (χ4n) is 1.46. The first-order chi connectivity index (χ1) is 10.7. The number of nitrogens with zero attached hydrogens (tertiary/aromatic N) is 1. The molecule has 1 heterocycles. The molecular formula is C16H26FN3O3. The molecule has 1 atom stereocenters. The number of nitrogens with two attached hydrogens (primary N) is 1. The molecule has 0 aliphatic heterocycles. The van der Waals surface area contributed by atoms with Crippen LogP contribution in [-0.2, 0) is 9.53 Å². The number of rotatable bonds is 6. The number of nitrogens with one attached hydrogen (secondary N) is 1. The minimum Gasteiger partial charge on any atom is -0.458 e. The Hall–Kier alpha value is -2.15. The molecule has 1 aromatic rings. The standard InChI is InChI=1S/C14H20FN3O3.C2H6/c1-6-9-11(8(2)15)20-13(17-9)18-10(7-16)12(19)21-14(3,4)5;1-2/h6,10H,1-2,7,16H2,3-5H3,(H,17,18);1-2H3. The minimum atomic E-state index is -0.860. The summed E-state index contributed by atoms with van der Waals surface area (Å²) in [6.07, 6.45) is 1.32. The molecule has 3 N–H and O–H groups in total. The van der Waals surface area contributed by atoms with Gasteiger partial charge in [0.25, 0.3) is 6.01 Å². The van der Waals surface area contributed by atoms with Crippen molar-refractivity contribution < 1.29 is 18.3 Å². The zero-order valence-corrected chi connectivity index (χ0v) is 14.4. The van der Waals surface area contributed by atoms with Crippen LogP contribution in [0.4, 0.5) is 10.4 Å². The van der Waals surface area contributed by atoms with E-state index in [0.29, 0.717) is 0 Å². The van der Waals surface area contributed by atoms with E-state index in [9.17, 15) is 9.18 Å². The lowest BCUT2D eigenvalue weighted by atomic mass is 10.2. The molecule has 1 rings (SSSR count). The highest BCUT2D eigenvalue weighted by atomic mass is 19.1. The Labute approximate surface area is 136 Å². The number of esters is 1. The SMILES string of the molecule is C=Cc1nc(NC(CN)C(=O)OC(C)(C)C)oc1C(=C)F.CC. The molecule has 0 bridgehead atoms. The second kappa shape index (κ2) is 9.09. The molecular weight excluding hydrogens is 301 g/mol. The van der Waals surface area contributed by atoms with Crippen molar-refractivity contribution in [2.45, 2.75) is 46.3 Å². The second-order valence-electron chi connectivity index (χ2n) is 5.31. The van der Waals surface area contributed by atoms with Crippen LogP contribution >= 0.6 is 0 Å². The Morgan fingerprint density at radius 3 is 2.43 bits per heavy atom. The van der Waals surface area contributed by atoms with E-state index in [2.05, 4.69) is 23.5 Å². The Morgan fingerprint density at radius 1 is 1.52 bits per heavy atom. The van der Waals surface area contributed by atoms with Gasteiger partial charge in [-0.05, 0) is 26.8 Å². The van der Waals surface area contributed by atoms with Gasteiger partial charge in [-0.15, -0.1) is 0 Å². The van der Waals surface area contributed by atoms with Gasteiger partial charge >= 0.3 is 5.97 Å². The number of ether oxygens (including phenoxy) is 1. The highest BCUT2D eigenvalue weighted by Gasteiger charge is 2.26. The average Bonchev–Trinajstić information content (AvgIpc) is 2.88. The predicted molar refractivity (Wildman–Crippen MR) is 90.4 cm³/mol. The lowest BCUT2D eigenvalue weighted by Gasteiger charge is -2.23. The lowest BCUT2D eigenvalue weighted by Crippen LogP contribution is -2.41. The fraction of sp³-hybridized carbons (Fsp3) is 0.500. The summed E-state index contributed by atoms with van der Waals surface area (Å²) < 4.78 is 23.5. The average molecular weight is 327 g/mol. The number of hydrogen-bond acceptors (Lipinski definition) is 6. The van der Waals surface area contributed by atoms with Crippen LogP contribution in [-0.4, -0.2) is 29.1 Å². The molecule has 0 radical (unpaired) electrons. The Kier molecular flexibility index (Phi) is 8.24. The zero-order valence-electron chi connectivity index (χ0n) is 14.4. The van der Waals surface area contributed by atoms with Crippen LogP contribution in [0.5, 0.6) is 0 Å². The van der Waals surface area contributed by atoms with Gasteiger partial charge < -0.3 is 20.2 Å². The van der Waals surface area contributed by atoms with Gasteiger partial charge in [0.15, 0.2) is 11.6 Å². The van der Waals surface area contributed by atoms with Crippen molar-refractivity contribution >= 4 is 23.9 Å². The van der Waals surface area contributed by atoms with E-state index < -0.39 is 23.4 Å². The van der Waals surface area contributed by atoms with Crippen LogP contribution in [0.3, 0.4) is 0 Å². The first kappa shape index (κ1) is 20.9. The zero-order chi connectivity index (χ0) is 18.2. The summed E-state index contributed by atoms with van der Waals surface area (Å²) in [6.45, 7) is 15.8. The number of carbonyl (C=O) groups is 1. The number of hydrogen-bond donors (Lipinski definition) is 2. The van der Waals surface area contributed by atoms with Gasteiger partial charge in [-0.1, -0.05) is 27.0 Å². The van der Waals surface area contributed by atoms with Gasteiger partial charge in [-0.3, -0.25) is 0 Å². The van der Waals surface area contributed by atoms with Crippen LogP contribution in [0.1, 0.15) is 46.1 Å². The molecule has 23 heavy (non-hydrogen) atoms. The van der Waals surface area contributed by atoms with Crippen LogP contribution in [0.2, 0.25) is 0 Å². The van der Waals surface area contributed by atoms with Gasteiger partial charge in [0, 0.05) is 6.54 Å². The van der Waals surface area contributed by atoms with E-state index in [1.807, 2.05) is 13.8 Å². The Balaban J connectivity index is 0.00000232. The number of oxazole rings is 1. The van der Waals surface area contributed by atoms with Gasteiger partial charge in [-0.2, -0.15) is 4.98 Å². The maximum atomic E-state index is 13.2. The van der Waals surface area contributed by atoms with Crippen molar-refractivity contribution in [1.29, 1.82) is 0 Å². The van der Waals surface area contributed by atoms with Gasteiger partial charge in [0.1, 0.15) is 17.3 Å². The molecule has 7 heteroatoms. The normalized spacial score (nSPS) is 11.8. The largest absolute Gasteiger partial charge is 0.458 e. The van der Waals surface area contributed by atoms with E-state index in [4.69, 9.17) is 14.9 Å². The Bertz CT molecular complexity index is 547. The fourth-order valence-corrected chi connectivity index (χ4v) is 1.46. The maximum Gasteiger partial charge on any atom is 0.330 e. The monoisotopic (exact) mass is 327 g/mol. The summed E-state index contributed by atoms with van der Waals surface area (Å²) in [5.41, 5.74) is 5.07. The number of anilines is 1. The van der Waals surface area contributed by atoms with Crippen LogP contribution in [0.25, 0.3) is 11.9 Å². The van der Waals surface area contributed by atoms with Gasteiger partial charge in [-0.25, -0.2) is 9.18 Å². The van der Waals surface area contributed by atoms with Gasteiger partial charge in [0.05, 0.1) is 0 Å². The summed E-state index contributed by atoms with van der Waals surface area (Å²) in [4.78, 5) is 15.9. The second-order valence-corrected chi connectivity index (χ2v) is 5.31. The predicted octanol–water partition coefficient (Wildman–Crippen LogP) is 3.36. The third-order valence-electron chi connectivity index (χ3n) is 2.32. The third-order valence-corrected chi connectivity index (χ3v) is 2.32. The summed E-state index contributed by atoms with van der Waals surface area (Å²) in [6, 6.07) is -0.915. The number of aromatic nitrogens is 1. The first-order valence-corrected chi connectivity index (χ1v) is 7.35.